The van der Waals surface area contributed by atoms with Crippen molar-refractivity contribution in [2.24, 2.45) is 0 Å². The molecule has 5 amide bonds. The maximum Gasteiger partial charge on any atom is 0.262 e. The number of ether oxygens (including phenoxy) is 1. The first-order valence-corrected chi connectivity index (χ1v) is 19.2. The second-order valence-electron chi connectivity index (χ2n) is 15.3. The summed E-state index contributed by atoms with van der Waals surface area (Å²) in [6.45, 7) is 2.17. The van der Waals surface area contributed by atoms with E-state index in [0.717, 1.165) is 47.4 Å². The lowest BCUT2D eigenvalue weighted by Gasteiger charge is -2.39. The molecule has 3 aromatic rings. The zero-order valence-corrected chi connectivity index (χ0v) is 30.9. The number of alkyl halides is 1. The number of rotatable bonds is 8. The molecule has 4 heterocycles. The van der Waals surface area contributed by atoms with Crippen molar-refractivity contribution in [2.75, 3.05) is 24.5 Å². The second kappa shape index (κ2) is 14.7. The van der Waals surface area contributed by atoms with Crippen LogP contribution in [0.1, 0.15) is 99.1 Å². The number of piperidine rings is 2. The highest BCUT2D eigenvalue weighted by Gasteiger charge is 2.46. The van der Waals surface area contributed by atoms with Crippen LogP contribution in [-0.4, -0.2) is 82.8 Å². The van der Waals surface area contributed by atoms with Gasteiger partial charge in [0.05, 0.1) is 27.8 Å². The van der Waals surface area contributed by atoms with Crippen LogP contribution in [0.5, 0.6) is 5.75 Å². The first-order valence-electron chi connectivity index (χ1n) is 18.8. The molecule has 284 valence electrons. The fourth-order valence-corrected chi connectivity index (χ4v) is 8.76. The molecule has 4 aliphatic heterocycles. The van der Waals surface area contributed by atoms with E-state index in [4.69, 9.17) is 21.6 Å². The van der Waals surface area contributed by atoms with Crippen molar-refractivity contribution < 1.29 is 33.1 Å². The largest absolute Gasteiger partial charge is 0.490 e. The maximum absolute atomic E-state index is 16.3. The van der Waals surface area contributed by atoms with Crippen LogP contribution in [0.25, 0.3) is 0 Å². The Morgan fingerprint density at radius 2 is 1.58 bits per heavy atom. The first kappa shape index (κ1) is 36.6. The fraction of sp³-hybridized carbons (Fsp3) is 0.415. The Labute approximate surface area is 322 Å². The minimum absolute atomic E-state index is 0.0112. The van der Waals surface area contributed by atoms with E-state index >= 15 is 4.39 Å². The molecule has 12 nitrogen and oxygen atoms in total. The molecule has 1 atom stereocenters. The minimum atomic E-state index is -1.41. The zero-order valence-electron chi connectivity index (χ0n) is 30.1. The third-order valence-corrected chi connectivity index (χ3v) is 11.9. The molecule has 14 heteroatoms. The van der Waals surface area contributed by atoms with Gasteiger partial charge in [0.15, 0.2) is 0 Å². The normalized spacial score (nSPS) is 23.5. The van der Waals surface area contributed by atoms with Gasteiger partial charge < -0.3 is 15.0 Å². The van der Waals surface area contributed by atoms with Gasteiger partial charge in [0, 0.05) is 75.3 Å². The average Bonchev–Trinajstić information content (AvgIpc) is 3.67. The number of carbonyl (C=O) groups excluding carboxylic acids is 5. The number of anilines is 1. The van der Waals surface area contributed by atoms with Gasteiger partial charge in [0.2, 0.25) is 11.8 Å². The smallest absolute Gasteiger partial charge is 0.262 e. The van der Waals surface area contributed by atoms with Crippen LogP contribution in [0.15, 0.2) is 54.6 Å². The zero-order chi connectivity index (χ0) is 38.4. The summed E-state index contributed by atoms with van der Waals surface area (Å²) in [6, 6.07) is 17.0. The topological polar surface area (TPSA) is 152 Å². The monoisotopic (exact) mass is 766 g/mol. The molecular formula is C41H40ClFN6O6. The number of carbonyl (C=O) groups is 5. The molecule has 1 aliphatic carbocycles. The summed E-state index contributed by atoms with van der Waals surface area (Å²) in [5.41, 5.74) is 2.70. The van der Waals surface area contributed by atoms with E-state index < -0.39 is 35.3 Å². The molecule has 3 aromatic carbocycles. The number of benzene rings is 3. The van der Waals surface area contributed by atoms with Crippen LogP contribution in [0.2, 0.25) is 5.02 Å². The summed E-state index contributed by atoms with van der Waals surface area (Å²) in [4.78, 5) is 68.7. The van der Waals surface area contributed by atoms with Gasteiger partial charge in [-0.05, 0) is 91.8 Å². The van der Waals surface area contributed by atoms with Gasteiger partial charge in [-0.2, -0.15) is 5.26 Å². The predicted molar refractivity (Wildman–Crippen MR) is 199 cm³/mol. The maximum atomic E-state index is 16.3. The molecule has 0 radical (unpaired) electrons. The Hall–Kier alpha value is -5.32. The van der Waals surface area contributed by atoms with Crippen molar-refractivity contribution >= 4 is 46.8 Å². The molecule has 8 rings (SSSR count). The summed E-state index contributed by atoms with van der Waals surface area (Å²) in [5.74, 6) is -1.65. The number of halogens is 2. The first-order chi connectivity index (χ1) is 26.5. The van der Waals surface area contributed by atoms with E-state index in [-0.39, 0.29) is 48.6 Å². The molecule has 1 unspecified atom stereocenters. The van der Waals surface area contributed by atoms with Gasteiger partial charge in [0.25, 0.3) is 17.7 Å². The number of hydrogen-bond donors (Lipinski definition) is 2. The molecule has 3 fully saturated rings. The third kappa shape index (κ3) is 7.41. The molecule has 55 heavy (non-hydrogen) atoms. The van der Waals surface area contributed by atoms with E-state index in [1.54, 1.807) is 30.3 Å². The van der Waals surface area contributed by atoms with E-state index in [0.29, 0.717) is 60.9 Å². The Bertz CT molecular complexity index is 2080. The van der Waals surface area contributed by atoms with E-state index in [1.807, 2.05) is 35.2 Å². The van der Waals surface area contributed by atoms with Gasteiger partial charge in [-0.15, -0.1) is 0 Å². The quantitative estimate of drug-likeness (QED) is 0.300. The van der Waals surface area contributed by atoms with Crippen LogP contribution in [0, 0.1) is 11.3 Å². The molecule has 0 aromatic heterocycles. The Balaban J connectivity index is 0.797. The van der Waals surface area contributed by atoms with Crippen LogP contribution in [0.4, 0.5) is 10.1 Å². The lowest BCUT2D eigenvalue weighted by molar-refractivity contribution is -0.136. The molecule has 1 saturated carbocycles. The van der Waals surface area contributed by atoms with E-state index in [9.17, 15) is 24.0 Å². The van der Waals surface area contributed by atoms with Crippen LogP contribution >= 0.6 is 11.6 Å². The van der Waals surface area contributed by atoms with Crippen molar-refractivity contribution in [1.82, 2.24) is 20.4 Å². The fourth-order valence-electron chi connectivity index (χ4n) is 8.54. The summed E-state index contributed by atoms with van der Waals surface area (Å²) in [6.07, 6.45) is 3.98. The predicted octanol–water partition coefficient (Wildman–Crippen LogP) is 5.06. The highest BCUT2D eigenvalue weighted by molar-refractivity contribution is 6.31. The minimum Gasteiger partial charge on any atom is -0.490 e. The third-order valence-electron chi connectivity index (χ3n) is 11.6. The number of hydrogen-bond acceptors (Lipinski definition) is 9. The Morgan fingerprint density at radius 1 is 0.927 bits per heavy atom. The summed E-state index contributed by atoms with van der Waals surface area (Å²) >= 11 is 6.14. The molecule has 5 aliphatic rings. The van der Waals surface area contributed by atoms with Gasteiger partial charge >= 0.3 is 0 Å². The van der Waals surface area contributed by atoms with Gasteiger partial charge in [-0.1, -0.05) is 11.6 Å². The Kier molecular flexibility index (Phi) is 9.81. The van der Waals surface area contributed by atoms with Gasteiger partial charge in [0.1, 0.15) is 23.5 Å². The van der Waals surface area contributed by atoms with E-state index in [1.165, 1.54) is 0 Å². The SMILES string of the molecule is N#Cc1ccc(OC2CCC(NC(=O)c3ccc(N4CCC(F)(CN5Cc6cc7c(cc6C5)C(=O)N(C5CCC(=O)NC5=O)C7=O)CC4)cc3)CC2)cc1Cl. The number of fused-ring (bicyclic) bond motifs is 2. The van der Waals surface area contributed by atoms with Crippen LogP contribution in [0.3, 0.4) is 0 Å². The standard InChI is InChI=1S/C41H40ClFN6O6/c42-34-19-31(8-3-25(34)20-44)55-30-9-4-28(5-10-30)45-37(51)24-1-6-29(7-2-24)48-15-13-41(43,14-16-48)23-47-21-26-17-32-33(18-27(26)22-47)40(54)49(39(32)53)35-11-12-36(50)46-38(35)52/h1-3,6-8,17-19,28,30,35H,4-5,9-16,21-23H2,(H,45,51)(H,46,50,52). The van der Waals surface area contributed by atoms with Crippen molar-refractivity contribution in [3.63, 3.8) is 0 Å². The lowest BCUT2D eigenvalue weighted by Crippen LogP contribution is -2.54. The van der Waals surface area contributed by atoms with E-state index in [2.05, 4.69) is 15.5 Å². The average molecular weight is 767 g/mol. The number of nitrogens with one attached hydrogen (secondary N) is 2. The number of nitriles is 1. The highest BCUT2D eigenvalue weighted by Crippen LogP contribution is 2.37. The molecule has 0 bridgehead atoms. The number of nitrogens with zero attached hydrogens (tertiary/aromatic N) is 4. The van der Waals surface area contributed by atoms with Crippen molar-refractivity contribution in [2.45, 2.75) is 88.3 Å². The summed E-state index contributed by atoms with van der Waals surface area (Å²) in [5, 5.41) is 14.8. The van der Waals surface area contributed by atoms with Crippen LogP contribution in [-0.2, 0) is 22.7 Å². The highest BCUT2D eigenvalue weighted by atomic mass is 35.5. The number of amides is 5. The summed E-state index contributed by atoms with van der Waals surface area (Å²) in [7, 11) is 0. The molecular weight excluding hydrogens is 727 g/mol. The molecule has 2 N–H and O–H groups in total. The molecule has 0 spiro atoms. The second-order valence-corrected chi connectivity index (χ2v) is 15.7. The lowest BCUT2D eigenvalue weighted by atomic mass is 9.92. The number of imide groups is 2. The van der Waals surface area contributed by atoms with Gasteiger partial charge in [-0.3, -0.25) is 39.1 Å². The van der Waals surface area contributed by atoms with Crippen molar-refractivity contribution in [3.05, 3.63) is 93.0 Å². The van der Waals surface area contributed by atoms with Crippen molar-refractivity contribution in [3.8, 4) is 11.8 Å². The van der Waals surface area contributed by atoms with Gasteiger partial charge in [-0.25, -0.2) is 4.39 Å². The summed E-state index contributed by atoms with van der Waals surface area (Å²) < 4.78 is 22.3. The molecule has 2 saturated heterocycles. The Morgan fingerprint density at radius 3 is 2.18 bits per heavy atom. The van der Waals surface area contributed by atoms with Crippen LogP contribution < -0.4 is 20.3 Å². The van der Waals surface area contributed by atoms with Crippen molar-refractivity contribution in [1.29, 1.82) is 5.26 Å².